The summed E-state index contributed by atoms with van der Waals surface area (Å²) < 4.78 is 12.9. The summed E-state index contributed by atoms with van der Waals surface area (Å²) in [6.07, 6.45) is 6.70. The Bertz CT molecular complexity index is 1450. The minimum absolute atomic E-state index is 0.169. The monoisotopic (exact) mass is 555 g/mol. The van der Waals surface area contributed by atoms with E-state index in [4.69, 9.17) is 38.2 Å². The number of pyridine rings is 1. The number of benzene rings is 1. The summed E-state index contributed by atoms with van der Waals surface area (Å²) in [5, 5.41) is 9.44. The highest BCUT2D eigenvalue weighted by Crippen LogP contribution is 2.35. The van der Waals surface area contributed by atoms with E-state index >= 15 is 0 Å². The highest BCUT2D eigenvalue weighted by atomic mass is 35.5. The fourth-order valence-electron chi connectivity index (χ4n) is 4.28. The van der Waals surface area contributed by atoms with Crippen molar-refractivity contribution in [1.82, 2.24) is 29.8 Å². The maximum absolute atomic E-state index is 12.4. The van der Waals surface area contributed by atoms with Crippen LogP contribution in [0.1, 0.15) is 39.7 Å². The van der Waals surface area contributed by atoms with Crippen molar-refractivity contribution in [2.45, 2.75) is 45.3 Å². The first-order chi connectivity index (χ1) is 18.1. The number of carbonyl (C=O) groups excluding carboxylic acids is 1. The van der Waals surface area contributed by atoms with Gasteiger partial charge in [-0.2, -0.15) is 10.1 Å². The molecule has 0 radical (unpaired) electrons. The van der Waals surface area contributed by atoms with E-state index in [1.54, 1.807) is 35.5 Å². The lowest BCUT2D eigenvalue weighted by molar-refractivity contribution is 0.0185. The molecule has 3 aromatic heterocycles. The van der Waals surface area contributed by atoms with Crippen molar-refractivity contribution in [3.63, 3.8) is 0 Å². The van der Waals surface area contributed by atoms with E-state index in [1.165, 1.54) is 0 Å². The summed E-state index contributed by atoms with van der Waals surface area (Å²) in [5.74, 6) is 0.701. The number of nitrogens with two attached hydrogens (primary N) is 1. The molecule has 1 fully saturated rings. The second kappa shape index (κ2) is 10.3. The first-order valence-electron chi connectivity index (χ1n) is 12.2. The number of carbonyl (C=O) groups is 1. The van der Waals surface area contributed by atoms with Crippen LogP contribution in [0.3, 0.4) is 0 Å². The molecule has 0 atom stereocenters. The molecule has 2 N–H and O–H groups in total. The number of piperidine rings is 1. The highest BCUT2D eigenvalue weighted by Gasteiger charge is 2.28. The molecule has 12 heteroatoms. The molecule has 198 valence electrons. The first kappa shape index (κ1) is 26.0. The largest absolute Gasteiger partial charge is 0.444 e. The summed E-state index contributed by atoms with van der Waals surface area (Å²) in [7, 11) is 0. The maximum atomic E-state index is 12.4. The van der Waals surface area contributed by atoms with E-state index in [-0.39, 0.29) is 29.7 Å². The van der Waals surface area contributed by atoms with Gasteiger partial charge in [0, 0.05) is 36.6 Å². The predicted octanol–water partition coefficient (Wildman–Crippen LogP) is 6.12. The molecule has 4 aromatic rings. The lowest BCUT2D eigenvalue weighted by atomic mass is 10.1. The average molecular weight is 556 g/mol. The Balaban J connectivity index is 1.32. The Labute approximate surface area is 229 Å². The minimum Gasteiger partial charge on any atom is -0.444 e. The second-order valence-electron chi connectivity index (χ2n) is 10.1. The van der Waals surface area contributed by atoms with Gasteiger partial charge in [0.2, 0.25) is 5.82 Å². The zero-order valence-electron chi connectivity index (χ0n) is 21.2. The topological polar surface area (TPSA) is 125 Å². The van der Waals surface area contributed by atoms with E-state index in [0.29, 0.717) is 34.3 Å². The number of aromatic nitrogens is 5. The number of halogens is 2. The van der Waals surface area contributed by atoms with Crippen molar-refractivity contribution >= 4 is 35.1 Å². The molecule has 5 rings (SSSR count). The van der Waals surface area contributed by atoms with E-state index in [1.807, 2.05) is 37.7 Å². The summed E-state index contributed by atoms with van der Waals surface area (Å²) in [5.41, 5.74) is 8.26. The molecule has 0 unspecified atom stereocenters. The Hall–Kier alpha value is -3.63. The quantitative estimate of drug-likeness (QED) is 0.319. The lowest BCUT2D eigenvalue weighted by Gasteiger charge is -2.33. The first-order valence-corrected chi connectivity index (χ1v) is 12.9. The number of rotatable bonds is 4. The second-order valence-corrected chi connectivity index (χ2v) is 10.9. The van der Waals surface area contributed by atoms with Crippen LogP contribution < -0.4 is 5.73 Å². The van der Waals surface area contributed by atoms with Crippen molar-refractivity contribution in [2.75, 3.05) is 18.8 Å². The summed E-state index contributed by atoms with van der Waals surface area (Å²) in [6, 6.07) is 7.15. The molecule has 1 aliphatic heterocycles. The van der Waals surface area contributed by atoms with Crippen LogP contribution in [0.25, 0.3) is 34.0 Å². The van der Waals surface area contributed by atoms with Gasteiger partial charge in [-0.1, -0.05) is 34.4 Å². The van der Waals surface area contributed by atoms with Gasteiger partial charge in [-0.05, 0) is 51.8 Å². The molecule has 0 bridgehead atoms. The fraction of sp³-hybridized carbons (Fsp3) is 0.346. The molecule has 1 amide bonds. The zero-order valence-corrected chi connectivity index (χ0v) is 22.7. The molecular formula is C26H27Cl2N7O3. The van der Waals surface area contributed by atoms with E-state index in [0.717, 1.165) is 24.0 Å². The Kier molecular flexibility index (Phi) is 7.02. The number of likely N-dealkylation sites (tertiary alicyclic amines) is 1. The normalized spacial score (nSPS) is 14.6. The van der Waals surface area contributed by atoms with Crippen LogP contribution in [0, 0.1) is 0 Å². The number of hydrogen-bond donors (Lipinski definition) is 1. The van der Waals surface area contributed by atoms with E-state index in [9.17, 15) is 4.79 Å². The van der Waals surface area contributed by atoms with Gasteiger partial charge in [0.05, 0.1) is 33.4 Å². The molecule has 4 heterocycles. The number of nitrogen functional groups attached to an aromatic ring is 1. The fourth-order valence-corrected chi connectivity index (χ4v) is 4.84. The molecule has 0 saturated carbocycles. The Morgan fingerprint density at radius 2 is 1.84 bits per heavy atom. The van der Waals surface area contributed by atoms with Crippen molar-refractivity contribution < 1.29 is 14.1 Å². The molecule has 1 saturated heterocycles. The van der Waals surface area contributed by atoms with Gasteiger partial charge < -0.3 is 19.9 Å². The number of nitrogens with zero attached hydrogens (tertiary/aromatic N) is 6. The van der Waals surface area contributed by atoms with Crippen LogP contribution in [0.15, 0.2) is 47.4 Å². The third-order valence-corrected chi connectivity index (χ3v) is 6.82. The molecule has 10 nitrogen and oxygen atoms in total. The van der Waals surface area contributed by atoms with Gasteiger partial charge >= 0.3 is 6.09 Å². The molecular weight excluding hydrogens is 529 g/mol. The Morgan fingerprint density at radius 3 is 2.53 bits per heavy atom. The molecule has 1 aromatic carbocycles. The standard InChI is InChI=1S/C26H27Cl2N7O3/c1-26(2,3)37-25(36)34-9-7-17(8-10-34)35-14-16(13-31-35)15-11-18(22(29)30-12-15)24-32-23(33-38-24)21-19(27)5-4-6-20(21)28/h4-6,11-14,17H,7-10H2,1-3H3,(H2,29,30). The summed E-state index contributed by atoms with van der Waals surface area (Å²) in [4.78, 5) is 22.9. The third kappa shape index (κ3) is 5.46. The lowest BCUT2D eigenvalue weighted by Crippen LogP contribution is -2.42. The van der Waals surface area contributed by atoms with Crippen molar-refractivity contribution in [1.29, 1.82) is 0 Å². The zero-order chi connectivity index (χ0) is 27.0. The molecule has 1 aliphatic rings. The van der Waals surface area contributed by atoms with Gasteiger partial charge in [-0.3, -0.25) is 4.68 Å². The number of amides is 1. The average Bonchev–Trinajstić information content (AvgIpc) is 3.54. The van der Waals surface area contributed by atoms with Crippen molar-refractivity contribution in [3.8, 4) is 34.0 Å². The van der Waals surface area contributed by atoms with Gasteiger partial charge in [0.25, 0.3) is 5.89 Å². The Morgan fingerprint density at radius 1 is 1.13 bits per heavy atom. The van der Waals surface area contributed by atoms with Crippen LogP contribution >= 0.6 is 23.2 Å². The molecule has 0 spiro atoms. The molecule has 38 heavy (non-hydrogen) atoms. The van der Waals surface area contributed by atoms with Gasteiger partial charge in [-0.25, -0.2) is 9.78 Å². The number of hydrogen-bond acceptors (Lipinski definition) is 8. The minimum atomic E-state index is -0.513. The SMILES string of the molecule is CC(C)(C)OC(=O)N1CCC(n2cc(-c3cnc(N)c(-c4nc(-c5c(Cl)cccc5Cl)no4)c3)cn2)CC1. The predicted molar refractivity (Wildman–Crippen MR) is 145 cm³/mol. The van der Waals surface area contributed by atoms with Gasteiger partial charge in [0.15, 0.2) is 0 Å². The van der Waals surface area contributed by atoms with E-state index < -0.39 is 5.60 Å². The third-order valence-electron chi connectivity index (χ3n) is 6.19. The van der Waals surface area contributed by atoms with Crippen molar-refractivity contribution in [2.24, 2.45) is 0 Å². The van der Waals surface area contributed by atoms with Gasteiger partial charge in [0.1, 0.15) is 11.4 Å². The summed E-state index contributed by atoms with van der Waals surface area (Å²) >= 11 is 12.6. The highest BCUT2D eigenvalue weighted by molar-refractivity contribution is 6.38. The maximum Gasteiger partial charge on any atom is 0.410 e. The van der Waals surface area contributed by atoms with Crippen LogP contribution in [0.4, 0.5) is 10.6 Å². The van der Waals surface area contributed by atoms with Crippen LogP contribution in [0.5, 0.6) is 0 Å². The smallest absolute Gasteiger partial charge is 0.410 e. The molecule has 0 aliphatic carbocycles. The van der Waals surface area contributed by atoms with Gasteiger partial charge in [-0.15, -0.1) is 0 Å². The van der Waals surface area contributed by atoms with E-state index in [2.05, 4.69) is 20.2 Å². The van der Waals surface area contributed by atoms with Crippen molar-refractivity contribution in [3.05, 3.63) is 52.9 Å². The number of ether oxygens (including phenoxy) is 1. The van der Waals surface area contributed by atoms with Crippen LogP contribution in [-0.2, 0) is 4.74 Å². The van der Waals surface area contributed by atoms with Crippen LogP contribution in [0.2, 0.25) is 10.0 Å². The summed E-state index contributed by atoms with van der Waals surface area (Å²) in [6.45, 7) is 6.82. The van der Waals surface area contributed by atoms with Crippen LogP contribution in [-0.4, -0.2) is 54.6 Å². The number of anilines is 1.